The first kappa shape index (κ1) is 18.0. The van der Waals surface area contributed by atoms with Gasteiger partial charge in [0.25, 0.3) is 0 Å². The molecule has 0 bridgehead atoms. The fourth-order valence-electron chi connectivity index (χ4n) is 0. The topological polar surface area (TPSA) is 0 Å². The summed E-state index contributed by atoms with van der Waals surface area (Å²) in [5.41, 5.74) is 0. The Bertz CT molecular complexity index is 3.61. The second-order valence-corrected chi connectivity index (χ2v) is 1.22. The van der Waals surface area contributed by atoms with Crippen LogP contribution in [0.25, 0.3) is 0 Å². The van der Waals surface area contributed by atoms with Gasteiger partial charge < -0.3 is 0 Å². The molecule has 0 radical (unpaired) electrons. The molecule has 0 amide bonds. The van der Waals surface area contributed by atoms with Crippen LogP contribution in [0.3, 0.4) is 0 Å². The van der Waals surface area contributed by atoms with Gasteiger partial charge in [-0.2, -0.15) is 0 Å². The van der Waals surface area contributed by atoms with Crippen LogP contribution in [0, 0.1) is 0 Å². The molecule has 0 nitrogen and oxygen atoms in total. The Balaban J connectivity index is -0.0000000200. The van der Waals surface area contributed by atoms with Crippen molar-refractivity contribution in [2.24, 2.45) is 0 Å². The van der Waals surface area contributed by atoms with Crippen LogP contribution in [0.15, 0.2) is 0 Å². The van der Waals surface area contributed by atoms with Crippen LogP contribution in [0.2, 0.25) is 0 Å². The molecule has 0 aliphatic carbocycles. The van der Waals surface area contributed by atoms with Gasteiger partial charge in [-0.3, -0.25) is 0 Å². The zero-order chi connectivity index (χ0) is 2.71. The summed E-state index contributed by atoms with van der Waals surface area (Å²) in [6.07, 6.45) is 1.17. The molecular weight excluding hydrogens is 79.0 g/mol. The van der Waals surface area contributed by atoms with E-state index < -0.39 is 0 Å². The molecule has 0 saturated heterocycles. The number of hydrogen-bond donors (Lipinski definition) is 0. The lowest BCUT2D eigenvalue weighted by atomic mass is 11.0. The molecule has 0 aliphatic heterocycles. The zero-order valence-corrected chi connectivity index (χ0v) is 3.44. The summed E-state index contributed by atoms with van der Waals surface area (Å²) in [6, 6.07) is 0. The average molecular weight is 94.1 g/mol. The third-order valence-electron chi connectivity index (χ3n) is 0. The summed E-state index contributed by atoms with van der Waals surface area (Å²) in [4.78, 5) is 0. The Kier molecular flexibility index (Phi) is 92.0. The first-order valence-electron chi connectivity index (χ1n) is 1.12. The van der Waals surface area contributed by atoms with Crippen molar-refractivity contribution < 1.29 is 0 Å². The quantitative estimate of drug-likeness (QED) is 0.403. The molecule has 0 saturated carbocycles. The third kappa shape index (κ3) is 141. The normalized spacial score (nSPS) is 3.60. The van der Waals surface area contributed by atoms with Gasteiger partial charge >= 0.3 is 0 Å². The van der Waals surface area contributed by atoms with Crippen molar-refractivity contribution in [2.45, 2.75) is 21.8 Å². The lowest BCUT2D eigenvalue weighted by molar-refractivity contribution is 1.53. The Morgan fingerprint density at radius 1 is 1.40 bits per heavy atom. The van der Waals surface area contributed by atoms with Crippen LogP contribution in [0.5, 0.6) is 0 Å². The smallest absolute Gasteiger partial charge is 0.0410 e. The van der Waals surface area contributed by atoms with Gasteiger partial charge in [-0.15, -0.1) is 9.24 Å². The largest absolute Gasteiger partial charge is 0.138 e. The summed E-state index contributed by atoms with van der Waals surface area (Å²) in [7, 11) is 2.58. The molecule has 0 aromatic rings. The van der Waals surface area contributed by atoms with Crippen molar-refractivity contribution in [3.05, 3.63) is 0 Å². The minimum atomic E-state index is 0. The highest BCUT2D eigenvalue weighted by molar-refractivity contribution is 7.16. The highest BCUT2D eigenvalue weighted by Gasteiger charge is 1.35. The van der Waals surface area contributed by atoms with Crippen LogP contribution in [-0.4, -0.2) is 6.16 Å². The van der Waals surface area contributed by atoms with Gasteiger partial charge in [0.2, 0.25) is 0 Å². The first-order valence-corrected chi connectivity index (χ1v) is 1.93. The summed E-state index contributed by atoms with van der Waals surface area (Å²) in [6.45, 7) is 2.09. The van der Waals surface area contributed by atoms with E-state index in [2.05, 4.69) is 16.2 Å². The van der Waals surface area contributed by atoms with Crippen LogP contribution in [-0.2, 0) is 0 Å². The molecule has 0 rings (SSSR count). The van der Waals surface area contributed by atoms with E-state index in [9.17, 15) is 0 Å². The Labute approximate surface area is 38.2 Å². The molecule has 36 valence electrons. The van der Waals surface area contributed by atoms with E-state index in [0.717, 1.165) is 0 Å². The molecule has 1 heteroatoms. The van der Waals surface area contributed by atoms with Gasteiger partial charge in [0, 0.05) is 0 Å². The lowest BCUT2D eigenvalue weighted by Crippen LogP contribution is -1.33. The molecule has 0 spiro atoms. The van der Waals surface area contributed by atoms with Crippen molar-refractivity contribution >= 4 is 9.24 Å². The first-order chi connectivity index (χ1) is 1.41. The van der Waals surface area contributed by atoms with Crippen LogP contribution in [0.1, 0.15) is 21.8 Å². The molecule has 0 fully saturated rings. The van der Waals surface area contributed by atoms with Gasteiger partial charge in [0.1, 0.15) is 0 Å². The van der Waals surface area contributed by atoms with Crippen molar-refractivity contribution in [1.29, 1.82) is 0 Å². The van der Waals surface area contributed by atoms with E-state index in [-0.39, 0.29) is 14.9 Å². The van der Waals surface area contributed by atoms with Crippen LogP contribution >= 0.6 is 9.24 Å². The average Bonchev–Trinajstić information content (AvgIpc) is 0.918. The van der Waals surface area contributed by atoms with E-state index in [4.69, 9.17) is 0 Å². The van der Waals surface area contributed by atoms with Crippen molar-refractivity contribution in [3.63, 3.8) is 0 Å². The summed E-state index contributed by atoms with van der Waals surface area (Å²) < 4.78 is 0. The van der Waals surface area contributed by atoms with Gasteiger partial charge in [-0.1, -0.05) is 21.8 Å². The molecule has 0 aliphatic rings. The predicted molar refractivity (Wildman–Crippen MR) is 33.7 cm³/mol. The molecule has 0 aromatic carbocycles. The molecule has 0 N–H and O–H groups in total. The number of hydrogen-bond acceptors (Lipinski definition) is 0. The zero-order valence-electron chi connectivity index (χ0n) is 2.28. The molecule has 5 heavy (non-hydrogen) atoms. The maximum atomic E-state index is 2.58. The minimum Gasteiger partial charge on any atom is -0.138 e. The van der Waals surface area contributed by atoms with E-state index in [1.165, 1.54) is 6.16 Å². The molecule has 1 atom stereocenters. The van der Waals surface area contributed by atoms with Crippen LogP contribution in [0.4, 0.5) is 0 Å². The second-order valence-electron chi connectivity index (χ2n) is 0.408. The standard InChI is InChI=1S/C2H7P.2CH4/c1-2-3;;/h2-3H2,1H3;2*1H4. The van der Waals surface area contributed by atoms with Gasteiger partial charge in [0.05, 0.1) is 0 Å². The van der Waals surface area contributed by atoms with Gasteiger partial charge in [-0.25, -0.2) is 0 Å². The summed E-state index contributed by atoms with van der Waals surface area (Å²) in [5, 5.41) is 0. The molecule has 0 heterocycles. The maximum absolute atomic E-state index is 2.58. The highest BCUT2D eigenvalue weighted by Crippen LogP contribution is 1.68. The maximum Gasteiger partial charge on any atom is -0.0410 e. The summed E-state index contributed by atoms with van der Waals surface area (Å²) >= 11 is 0. The lowest BCUT2D eigenvalue weighted by Gasteiger charge is -1.48. The minimum absolute atomic E-state index is 0. The van der Waals surface area contributed by atoms with Crippen LogP contribution < -0.4 is 0 Å². The fraction of sp³-hybridized carbons (Fsp3) is 1.00. The Morgan fingerprint density at radius 2 is 1.40 bits per heavy atom. The van der Waals surface area contributed by atoms with Crippen molar-refractivity contribution in [2.75, 3.05) is 6.16 Å². The highest BCUT2D eigenvalue weighted by atomic mass is 31.0. The SMILES string of the molecule is C.C.CCP. The van der Waals surface area contributed by atoms with Gasteiger partial charge in [0.15, 0.2) is 0 Å². The Morgan fingerprint density at radius 3 is 1.40 bits per heavy atom. The molecule has 1 unspecified atom stereocenters. The molecular formula is C4H15P. The third-order valence-corrected chi connectivity index (χ3v) is 0. The van der Waals surface area contributed by atoms with E-state index in [1.807, 2.05) is 0 Å². The van der Waals surface area contributed by atoms with Crippen molar-refractivity contribution in [1.82, 2.24) is 0 Å². The molecule has 0 aromatic heterocycles. The van der Waals surface area contributed by atoms with Gasteiger partial charge in [-0.05, 0) is 6.16 Å². The van der Waals surface area contributed by atoms with E-state index in [1.54, 1.807) is 0 Å². The van der Waals surface area contributed by atoms with E-state index >= 15 is 0 Å². The number of rotatable bonds is 0. The van der Waals surface area contributed by atoms with Crippen molar-refractivity contribution in [3.8, 4) is 0 Å². The van der Waals surface area contributed by atoms with E-state index in [0.29, 0.717) is 0 Å². The Hall–Kier alpha value is 0.430. The monoisotopic (exact) mass is 94.1 g/mol. The predicted octanol–water partition coefficient (Wildman–Crippen LogP) is 2.15. The summed E-state index contributed by atoms with van der Waals surface area (Å²) in [5.74, 6) is 0. The fourth-order valence-corrected chi connectivity index (χ4v) is 0. The second kappa shape index (κ2) is 25.5.